The van der Waals surface area contributed by atoms with E-state index in [1.54, 1.807) is 7.11 Å². The van der Waals surface area contributed by atoms with E-state index in [1.807, 2.05) is 0 Å². The van der Waals surface area contributed by atoms with Gasteiger partial charge in [0.05, 0.1) is 6.10 Å². The largest absolute Gasteiger partial charge is 0.379 e. The molecule has 1 aliphatic heterocycles. The van der Waals surface area contributed by atoms with Crippen LogP contribution in [0, 0.1) is 0 Å². The smallest absolute Gasteiger partial charge is 0.0820 e. The lowest BCUT2D eigenvalue weighted by molar-refractivity contribution is 0.0463. The molecule has 0 aromatic rings. The average molecular weight is 244 g/mol. The Morgan fingerprint density at radius 2 is 1.76 bits per heavy atom. The third-order valence-electron chi connectivity index (χ3n) is 3.39. The lowest BCUT2D eigenvalue weighted by atomic mass is 10.2. The number of rotatable bonds is 7. The predicted octanol–water partition coefficient (Wildman–Crippen LogP) is -0.861. The summed E-state index contributed by atoms with van der Waals surface area (Å²) in [5.74, 6) is 0. The Morgan fingerprint density at radius 3 is 2.24 bits per heavy atom. The molecule has 1 unspecified atom stereocenters. The number of likely N-dealkylation sites (N-methyl/N-ethyl adjacent to an activating group) is 1. The summed E-state index contributed by atoms with van der Waals surface area (Å²) < 4.78 is 5.32. The lowest BCUT2D eigenvalue weighted by Gasteiger charge is -2.36. The maximum Gasteiger partial charge on any atom is 0.0820 e. The van der Waals surface area contributed by atoms with Crippen LogP contribution in [0.2, 0.25) is 0 Å². The van der Waals surface area contributed by atoms with Crippen LogP contribution in [0.1, 0.15) is 0 Å². The number of nitrogens with two attached hydrogens (primary N) is 1. The molecule has 1 saturated heterocycles. The van der Waals surface area contributed by atoms with Crippen LogP contribution < -0.4 is 5.73 Å². The number of piperazine rings is 1. The predicted molar refractivity (Wildman–Crippen MR) is 71.3 cm³/mol. The maximum absolute atomic E-state index is 5.64. The van der Waals surface area contributed by atoms with Crippen molar-refractivity contribution in [2.24, 2.45) is 5.73 Å². The molecule has 0 radical (unpaired) electrons. The highest BCUT2D eigenvalue weighted by Gasteiger charge is 2.19. The second kappa shape index (κ2) is 8.00. The van der Waals surface area contributed by atoms with Crippen molar-refractivity contribution >= 4 is 0 Å². The Bertz CT molecular complexity index is 189. The third-order valence-corrected chi connectivity index (χ3v) is 3.39. The minimum Gasteiger partial charge on any atom is -0.379 e. The summed E-state index contributed by atoms with van der Waals surface area (Å²) in [5, 5.41) is 0. The minimum absolute atomic E-state index is 0.184. The summed E-state index contributed by atoms with van der Waals surface area (Å²) in [4.78, 5) is 7.22. The Morgan fingerprint density at radius 1 is 1.18 bits per heavy atom. The normalized spacial score (nSPS) is 21.0. The molecule has 0 saturated carbocycles. The summed E-state index contributed by atoms with van der Waals surface area (Å²) in [6.07, 6.45) is 0.184. The molecule has 0 spiro atoms. The maximum atomic E-state index is 5.64. The van der Waals surface area contributed by atoms with Gasteiger partial charge in [-0.1, -0.05) is 0 Å². The van der Waals surface area contributed by atoms with Crippen LogP contribution in [-0.4, -0.2) is 94.4 Å². The van der Waals surface area contributed by atoms with E-state index < -0.39 is 0 Å². The van der Waals surface area contributed by atoms with Gasteiger partial charge in [0.2, 0.25) is 0 Å². The zero-order valence-corrected chi connectivity index (χ0v) is 11.6. The third kappa shape index (κ3) is 5.79. The van der Waals surface area contributed by atoms with Gasteiger partial charge in [-0.3, -0.25) is 9.80 Å². The monoisotopic (exact) mass is 244 g/mol. The van der Waals surface area contributed by atoms with Crippen LogP contribution in [0.5, 0.6) is 0 Å². The molecule has 1 heterocycles. The number of nitrogens with zero attached hydrogens (tertiary/aromatic N) is 3. The summed E-state index contributed by atoms with van der Waals surface area (Å²) in [7, 11) is 5.99. The van der Waals surface area contributed by atoms with E-state index in [4.69, 9.17) is 10.5 Å². The number of methoxy groups -OCH3 is 1. The molecule has 0 amide bonds. The van der Waals surface area contributed by atoms with E-state index in [-0.39, 0.29) is 6.10 Å². The average Bonchev–Trinajstić information content (AvgIpc) is 2.34. The fourth-order valence-electron chi connectivity index (χ4n) is 2.07. The Kier molecular flexibility index (Phi) is 6.99. The van der Waals surface area contributed by atoms with Crippen LogP contribution in [0.3, 0.4) is 0 Å². The molecule has 1 fully saturated rings. The quantitative estimate of drug-likeness (QED) is 0.631. The van der Waals surface area contributed by atoms with Crippen LogP contribution >= 0.6 is 0 Å². The lowest BCUT2D eigenvalue weighted by Crippen LogP contribution is -2.50. The summed E-state index contributed by atoms with van der Waals surface area (Å²) in [5.41, 5.74) is 5.64. The Labute approximate surface area is 105 Å². The van der Waals surface area contributed by atoms with Crippen molar-refractivity contribution in [1.29, 1.82) is 0 Å². The SMILES string of the molecule is COC(CN)CN1CCN(CCN(C)C)CC1. The van der Waals surface area contributed by atoms with Gasteiger partial charge >= 0.3 is 0 Å². The molecule has 0 bridgehead atoms. The Hall–Kier alpha value is -0.200. The van der Waals surface area contributed by atoms with E-state index in [0.717, 1.165) is 39.3 Å². The molecule has 1 atom stereocenters. The highest BCUT2D eigenvalue weighted by Crippen LogP contribution is 2.03. The number of ether oxygens (including phenoxy) is 1. The molecule has 0 aromatic heterocycles. The van der Waals surface area contributed by atoms with Gasteiger partial charge in [-0.05, 0) is 14.1 Å². The van der Waals surface area contributed by atoms with Crippen LogP contribution in [0.4, 0.5) is 0 Å². The molecule has 0 aromatic carbocycles. The first-order valence-corrected chi connectivity index (χ1v) is 6.48. The second-order valence-electron chi connectivity index (χ2n) is 5.04. The number of hydrogen-bond donors (Lipinski definition) is 1. The highest BCUT2D eigenvalue weighted by atomic mass is 16.5. The molecule has 17 heavy (non-hydrogen) atoms. The van der Waals surface area contributed by atoms with Crippen molar-refractivity contribution in [3.05, 3.63) is 0 Å². The zero-order valence-electron chi connectivity index (χ0n) is 11.6. The zero-order chi connectivity index (χ0) is 12.7. The van der Waals surface area contributed by atoms with Crippen molar-refractivity contribution in [3.8, 4) is 0 Å². The van der Waals surface area contributed by atoms with Crippen molar-refractivity contribution in [1.82, 2.24) is 14.7 Å². The van der Waals surface area contributed by atoms with E-state index in [1.165, 1.54) is 6.54 Å². The van der Waals surface area contributed by atoms with Gasteiger partial charge in [-0.15, -0.1) is 0 Å². The van der Waals surface area contributed by atoms with Gasteiger partial charge in [0.1, 0.15) is 0 Å². The topological polar surface area (TPSA) is 45.0 Å². The van der Waals surface area contributed by atoms with Crippen molar-refractivity contribution in [3.63, 3.8) is 0 Å². The molecule has 102 valence electrons. The summed E-state index contributed by atoms with van der Waals surface area (Å²) in [6, 6.07) is 0. The molecule has 1 aliphatic rings. The van der Waals surface area contributed by atoms with Gasteiger partial charge in [0, 0.05) is 59.5 Å². The molecule has 1 rings (SSSR count). The first kappa shape index (κ1) is 14.9. The van der Waals surface area contributed by atoms with Crippen molar-refractivity contribution in [2.75, 3.05) is 73.6 Å². The molecule has 2 N–H and O–H groups in total. The second-order valence-corrected chi connectivity index (χ2v) is 5.04. The minimum atomic E-state index is 0.184. The fourth-order valence-corrected chi connectivity index (χ4v) is 2.07. The summed E-state index contributed by atoms with van der Waals surface area (Å²) in [6.45, 7) is 8.48. The van der Waals surface area contributed by atoms with E-state index in [2.05, 4.69) is 28.8 Å². The van der Waals surface area contributed by atoms with E-state index in [9.17, 15) is 0 Å². The standard InChI is InChI=1S/C12H28N4O/c1-14(2)4-5-15-6-8-16(9-7-15)11-12(10-13)17-3/h12H,4-11,13H2,1-3H3. The van der Waals surface area contributed by atoms with Crippen LogP contribution in [-0.2, 0) is 4.74 Å². The molecule has 0 aliphatic carbocycles. The van der Waals surface area contributed by atoms with Crippen LogP contribution in [0.15, 0.2) is 0 Å². The highest BCUT2D eigenvalue weighted by molar-refractivity contribution is 4.75. The van der Waals surface area contributed by atoms with Gasteiger partial charge in [-0.25, -0.2) is 0 Å². The number of hydrogen-bond acceptors (Lipinski definition) is 5. The van der Waals surface area contributed by atoms with E-state index >= 15 is 0 Å². The van der Waals surface area contributed by atoms with E-state index in [0.29, 0.717) is 6.54 Å². The fraction of sp³-hybridized carbons (Fsp3) is 1.00. The van der Waals surface area contributed by atoms with Gasteiger partial charge < -0.3 is 15.4 Å². The van der Waals surface area contributed by atoms with Crippen LogP contribution in [0.25, 0.3) is 0 Å². The molecule has 5 nitrogen and oxygen atoms in total. The summed E-state index contributed by atoms with van der Waals surface area (Å²) >= 11 is 0. The van der Waals surface area contributed by atoms with Gasteiger partial charge in [-0.2, -0.15) is 0 Å². The Balaban J connectivity index is 2.16. The van der Waals surface area contributed by atoms with Gasteiger partial charge in [0.15, 0.2) is 0 Å². The molecular formula is C12H28N4O. The molecule has 5 heteroatoms. The first-order valence-electron chi connectivity index (χ1n) is 6.48. The van der Waals surface area contributed by atoms with Crippen molar-refractivity contribution < 1.29 is 4.74 Å². The van der Waals surface area contributed by atoms with Crippen molar-refractivity contribution in [2.45, 2.75) is 6.10 Å². The first-order chi connectivity index (χ1) is 8.15. The molecular weight excluding hydrogens is 216 g/mol. The van der Waals surface area contributed by atoms with Gasteiger partial charge in [0.25, 0.3) is 0 Å².